The number of carbonyl (C=O) groups excluding carboxylic acids is 1. The topological polar surface area (TPSA) is 38.3 Å². The van der Waals surface area contributed by atoms with Crippen molar-refractivity contribution in [2.75, 3.05) is 5.32 Å². The van der Waals surface area contributed by atoms with E-state index in [1.165, 1.54) is 12.1 Å². The van der Waals surface area contributed by atoms with Crippen molar-refractivity contribution < 1.29 is 22.4 Å². The Hall–Kier alpha value is -1.99. The standard InChI is InChI=1S/C21H23ClF3NO2Si/c1-19(2,3)29(4,5)28-14-11-9-13(10-12-14)20(22)15-7-6-8-16(21(23,24)25)17(15)26-18(20)27/h6-12H,1-5H3,(H,26,27). The van der Waals surface area contributed by atoms with Crippen LogP contribution in [0.4, 0.5) is 18.9 Å². The second-order valence-corrected chi connectivity index (χ2v) is 14.0. The van der Waals surface area contributed by atoms with Crippen LogP contribution in [0.25, 0.3) is 0 Å². The van der Waals surface area contributed by atoms with Gasteiger partial charge in [0.05, 0.1) is 11.3 Å². The van der Waals surface area contributed by atoms with Gasteiger partial charge in [-0.15, -0.1) is 0 Å². The van der Waals surface area contributed by atoms with Gasteiger partial charge in [0.15, 0.2) is 4.87 Å². The summed E-state index contributed by atoms with van der Waals surface area (Å²) in [5.41, 5.74) is -0.722. The monoisotopic (exact) mass is 441 g/mol. The van der Waals surface area contributed by atoms with Crippen LogP contribution in [0.1, 0.15) is 37.5 Å². The van der Waals surface area contributed by atoms with E-state index in [0.29, 0.717) is 11.3 Å². The number of fused-ring (bicyclic) bond motifs is 1. The van der Waals surface area contributed by atoms with E-state index in [9.17, 15) is 18.0 Å². The Morgan fingerprint density at radius 1 is 1.03 bits per heavy atom. The van der Waals surface area contributed by atoms with Crippen molar-refractivity contribution in [1.82, 2.24) is 0 Å². The maximum atomic E-state index is 13.3. The predicted molar refractivity (Wildman–Crippen MR) is 111 cm³/mol. The number of hydrogen-bond donors (Lipinski definition) is 1. The maximum Gasteiger partial charge on any atom is 0.418 e. The normalized spacial score (nSPS) is 19.7. The lowest BCUT2D eigenvalue weighted by molar-refractivity contribution is -0.136. The zero-order valence-electron chi connectivity index (χ0n) is 16.9. The molecule has 1 unspecified atom stereocenters. The lowest BCUT2D eigenvalue weighted by Gasteiger charge is -2.36. The van der Waals surface area contributed by atoms with E-state index in [4.69, 9.17) is 16.0 Å². The average Bonchev–Trinajstić information content (AvgIpc) is 2.85. The van der Waals surface area contributed by atoms with Crippen molar-refractivity contribution in [3.05, 3.63) is 59.2 Å². The second-order valence-electron chi connectivity index (χ2n) is 8.73. The molecule has 8 heteroatoms. The van der Waals surface area contributed by atoms with E-state index in [0.717, 1.165) is 6.07 Å². The molecule has 1 aliphatic heterocycles. The van der Waals surface area contributed by atoms with E-state index in [1.54, 1.807) is 24.3 Å². The molecule has 3 rings (SSSR count). The lowest BCUT2D eigenvalue weighted by Crippen LogP contribution is -2.43. The number of carbonyl (C=O) groups is 1. The molecule has 2 aromatic rings. The van der Waals surface area contributed by atoms with E-state index in [2.05, 4.69) is 39.2 Å². The highest BCUT2D eigenvalue weighted by molar-refractivity contribution is 6.74. The van der Waals surface area contributed by atoms with Crippen LogP contribution in [0.5, 0.6) is 5.75 Å². The molecule has 0 aliphatic carbocycles. The molecular weight excluding hydrogens is 419 g/mol. The van der Waals surface area contributed by atoms with Gasteiger partial charge in [0.1, 0.15) is 5.75 Å². The van der Waals surface area contributed by atoms with Crippen molar-refractivity contribution in [3.8, 4) is 5.75 Å². The van der Waals surface area contributed by atoms with Crippen molar-refractivity contribution in [2.45, 2.75) is 50.0 Å². The van der Waals surface area contributed by atoms with Gasteiger partial charge < -0.3 is 9.74 Å². The highest BCUT2D eigenvalue weighted by Crippen LogP contribution is 2.50. The highest BCUT2D eigenvalue weighted by Gasteiger charge is 2.50. The summed E-state index contributed by atoms with van der Waals surface area (Å²) in [4.78, 5) is 10.9. The molecule has 0 bridgehead atoms. The van der Waals surface area contributed by atoms with Gasteiger partial charge in [0.25, 0.3) is 5.91 Å². The van der Waals surface area contributed by atoms with Gasteiger partial charge in [0, 0.05) is 5.56 Å². The fraction of sp³-hybridized carbons (Fsp3) is 0.381. The number of hydrogen-bond acceptors (Lipinski definition) is 2. The molecule has 0 radical (unpaired) electrons. The molecule has 0 aromatic heterocycles. The van der Waals surface area contributed by atoms with E-state index < -0.39 is 30.8 Å². The maximum absolute atomic E-state index is 13.3. The molecule has 156 valence electrons. The Morgan fingerprint density at radius 2 is 1.62 bits per heavy atom. The fourth-order valence-electron chi connectivity index (χ4n) is 3.02. The van der Waals surface area contributed by atoms with Crippen LogP contribution >= 0.6 is 11.6 Å². The van der Waals surface area contributed by atoms with Crippen LogP contribution in [0.2, 0.25) is 18.1 Å². The Labute approximate surface area is 174 Å². The van der Waals surface area contributed by atoms with Crippen LogP contribution in [-0.4, -0.2) is 14.2 Å². The minimum absolute atomic E-state index is 0.0116. The number of alkyl halides is 4. The first-order valence-electron chi connectivity index (χ1n) is 9.18. The average molecular weight is 442 g/mol. The second kappa shape index (κ2) is 6.77. The number of benzene rings is 2. The molecule has 0 saturated heterocycles. The molecule has 3 nitrogen and oxygen atoms in total. The van der Waals surface area contributed by atoms with E-state index in [1.807, 2.05) is 0 Å². The summed E-state index contributed by atoms with van der Waals surface area (Å²) in [5, 5.41) is 2.33. The van der Waals surface area contributed by atoms with Gasteiger partial charge in [-0.3, -0.25) is 4.79 Å². The van der Waals surface area contributed by atoms with Crippen LogP contribution in [0.15, 0.2) is 42.5 Å². The lowest BCUT2D eigenvalue weighted by atomic mass is 9.90. The van der Waals surface area contributed by atoms with Crippen LogP contribution in [-0.2, 0) is 15.8 Å². The molecule has 1 heterocycles. The Bertz CT molecular complexity index is 952. The van der Waals surface area contributed by atoms with Crippen LogP contribution in [0.3, 0.4) is 0 Å². The quantitative estimate of drug-likeness (QED) is 0.434. The van der Waals surface area contributed by atoms with Crippen LogP contribution < -0.4 is 9.74 Å². The summed E-state index contributed by atoms with van der Waals surface area (Å²) in [7, 11) is -2.05. The van der Waals surface area contributed by atoms with Gasteiger partial charge in [-0.05, 0) is 41.9 Å². The molecule has 1 aliphatic rings. The largest absolute Gasteiger partial charge is 0.544 e. The summed E-state index contributed by atoms with van der Waals surface area (Å²) >= 11 is 6.65. The molecular formula is C21H23ClF3NO2Si. The third-order valence-electron chi connectivity index (χ3n) is 5.72. The molecule has 0 fully saturated rings. The van der Waals surface area contributed by atoms with Gasteiger partial charge in [-0.2, -0.15) is 13.2 Å². The summed E-state index contributed by atoms with van der Waals surface area (Å²) in [5.74, 6) is -0.0628. The summed E-state index contributed by atoms with van der Waals surface area (Å²) in [6.07, 6.45) is -4.60. The van der Waals surface area contributed by atoms with E-state index in [-0.39, 0.29) is 16.3 Å². The first-order valence-corrected chi connectivity index (χ1v) is 12.5. The van der Waals surface area contributed by atoms with Gasteiger partial charge in [-0.25, -0.2) is 0 Å². The molecule has 1 amide bonds. The minimum Gasteiger partial charge on any atom is -0.544 e. The summed E-state index contributed by atoms with van der Waals surface area (Å²) < 4.78 is 46.2. The van der Waals surface area contributed by atoms with Gasteiger partial charge in [0.2, 0.25) is 8.32 Å². The molecule has 0 saturated carbocycles. The third kappa shape index (κ3) is 3.66. The number of nitrogens with one attached hydrogen (secondary N) is 1. The first kappa shape index (κ1) is 21.7. The number of halogens is 4. The SMILES string of the molecule is CC(C)(C)[Si](C)(C)Oc1ccc(C2(Cl)C(=O)Nc3c(C(F)(F)F)cccc32)cc1. The Morgan fingerprint density at radius 3 is 2.14 bits per heavy atom. The number of rotatable bonds is 3. The zero-order valence-corrected chi connectivity index (χ0v) is 18.6. The highest BCUT2D eigenvalue weighted by atomic mass is 35.5. The van der Waals surface area contributed by atoms with Gasteiger partial charge in [-0.1, -0.05) is 56.6 Å². The minimum atomic E-state index is -4.60. The molecule has 0 spiro atoms. The van der Waals surface area contributed by atoms with E-state index >= 15 is 0 Å². The smallest absolute Gasteiger partial charge is 0.418 e. The number of anilines is 1. The number of amides is 1. The van der Waals surface area contributed by atoms with Crippen LogP contribution in [0, 0.1) is 0 Å². The zero-order chi connectivity index (χ0) is 21.8. The van der Waals surface area contributed by atoms with Gasteiger partial charge >= 0.3 is 6.18 Å². The van der Waals surface area contributed by atoms with Crippen molar-refractivity contribution in [3.63, 3.8) is 0 Å². The number of para-hydroxylation sites is 1. The predicted octanol–water partition coefficient (Wildman–Crippen LogP) is 6.52. The van der Waals surface area contributed by atoms with Crippen molar-refractivity contribution in [1.29, 1.82) is 0 Å². The molecule has 1 atom stereocenters. The fourth-order valence-corrected chi connectivity index (χ4v) is 4.38. The van der Waals surface area contributed by atoms with Crippen molar-refractivity contribution >= 4 is 31.5 Å². The molecule has 1 N–H and O–H groups in total. The summed E-state index contributed by atoms with van der Waals surface area (Å²) in [6, 6.07) is 10.3. The molecule has 29 heavy (non-hydrogen) atoms. The Balaban J connectivity index is 2.00. The first-order chi connectivity index (χ1) is 13.2. The third-order valence-corrected chi connectivity index (χ3v) is 10.7. The van der Waals surface area contributed by atoms with Crippen molar-refractivity contribution in [2.24, 2.45) is 0 Å². The molecule has 2 aromatic carbocycles. The summed E-state index contributed by atoms with van der Waals surface area (Å²) in [6.45, 7) is 10.6. The Kier molecular flexibility index (Phi) is 5.07.